The van der Waals surface area contributed by atoms with Crippen molar-refractivity contribution >= 4 is 28.0 Å². The smallest absolute Gasteiger partial charge is 0.262 e. The summed E-state index contributed by atoms with van der Waals surface area (Å²) in [6.45, 7) is -0.0802. The Bertz CT molecular complexity index is 1360. The first kappa shape index (κ1) is 17.8. The molecule has 0 unspecified atom stereocenters. The molecule has 0 aliphatic heterocycles. The third kappa shape index (κ3) is 3.56. The highest BCUT2D eigenvalue weighted by molar-refractivity contribution is 5.93. The van der Waals surface area contributed by atoms with Crippen LogP contribution in [0.5, 0.6) is 5.75 Å². The van der Waals surface area contributed by atoms with E-state index in [4.69, 9.17) is 4.74 Å². The lowest BCUT2D eigenvalue weighted by Crippen LogP contribution is -2.20. The number of hydrogen-bond donors (Lipinski definition) is 1. The molecule has 1 amide bonds. The minimum atomic E-state index is -0.234. The maximum atomic E-state index is 12.4. The SMILES string of the molecule is O=C(COc1cccc2ccccc12)Nc1cccc(-c2ccc3nncn3n2)c1. The van der Waals surface area contributed by atoms with Crippen molar-refractivity contribution in [2.45, 2.75) is 0 Å². The quantitative estimate of drug-likeness (QED) is 0.487. The molecule has 5 rings (SSSR count). The molecule has 0 aliphatic carbocycles. The summed E-state index contributed by atoms with van der Waals surface area (Å²) in [6, 6.07) is 24.9. The summed E-state index contributed by atoms with van der Waals surface area (Å²) >= 11 is 0. The van der Waals surface area contributed by atoms with E-state index in [1.165, 1.54) is 0 Å². The summed E-state index contributed by atoms with van der Waals surface area (Å²) in [5, 5.41) is 17.2. The molecule has 0 fully saturated rings. The zero-order valence-electron chi connectivity index (χ0n) is 15.9. The second kappa shape index (κ2) is 7.63. The van der Waals surface area contributed by atoms with Crippen LogP contribution in [0.2, 0.25) is 0 Å². The number of carbonyl (C=O) groups is 1. The number of amides is 1. The van der Waals surface area contributed by atoms with Crippen molar-refractivity contribution in [1.82, 2.24) is 19.8 Å². The Labute approximate surface area is 171 Å². The van der Waals surface area contributed by atoms with Gasteiger partial charge in [0.1, 0.15) is 12.1 Å². The van der Waals surface area contributed by atoms with Crippen LogP contribution < -0.4 is 10.1 Å². The number of nitrogens with zero attached hydrogens (tertiary/aromatic N) is 4. The normalized spacial score (nSPS) is 10.9. The van der Waals surface area contributed by atoms with Crippen LogP contribution in [0.15, 0.2) is 85.2 Å². The van der Waals surface area contributed by atoms with Gasteiger partial charge in [0, 0.05) is 16.6 Å². The highest BCUT2D eigenvalue weighted by Gasteiger charge is 2.08. The molecule has 146 valence electrons. The lowest BCUT2D eigenvalue weighted by molar-refractivity contribution is -0.118. The van der Waals surface area contributed by atoms with Crippen LogP contribution in [0.3, 0.4) is 0 Å². The number of hydrogen-bond acceptors (Lipinski definition) is 5. The van der Waals surface area contributed by atoms with Crippen molar-refractivity contribution < 1.29 is 9.53 Å². The van der Waals surface area contributed by atoms with Crippen LogP contribution in [0.1, 0.15) is 0 Å². The third-order valence-corrected chi connectivity index (χ3v) is 4.71. The molecule has 3 aromatic carbocycles. The maximum Gasteiger partial charge on any atom is 0.262 e. The molecule has 7 heteroatoms. The lowest BCUT2D eigenvalue weighted by atomic mass is 10.1. The van der Waals surface area contributed by atoms with E-state index in [1.807, 2.05) is 78.9 Å². The van der Waals surface area contributed by atoms with Gasteiger partial charge in [-0.1, -0.05) is 48.5 Å². The molecule has 0 aliphatic rings. The summed E-state index contributed by atoms with van der Waals surface area (Å²) in [4.78, 5) is 12.4. The van der Waals surface area contributed by atoms with Gasteiger partial charge < -0.3 is 10.1 Å². The van der Waals surface area contributed by atoms with Crippen LogP contribution in [0.25, 0.3) is 27.7 Å². The molecular weight excluding hydrogens is 378 g/mol. The van der Waals surface area contributed by atoms with Gasteiger partial charge in [-0.2, -0.15) is 9.61 Å². The fourth-order valence-corrected chi connectivity index (χ4v) is 3.30. The predicted molar refractivity (Wildman–Crippen MR) is 114 cm³/mol. The topological polar surface area (TPSA) is 81.4 Å². The number of rotatable bonds is 5. The van der Waals surface area contributed by atoms with Gasteiger partial charge >= 0.3 is 0 Å². The van der Waals surface area contributed by atoms with Crippen molar-refractivity contribution in [3.63, 3.8) is 0 Å². The van der Waals surface area contributed by atoms with E-state index >= 15 is 0 Å². The first-order valence-electron chi connectivity index (χ1n) is 9.44. The lowest BCUT2D eigenvalue weighted by Gasteiger charge is -2.10. The molecule has 1 N–H and O–H groups in total. The van der Waals surface area contributed by atoms with E-state index in [9.17, 15) is 4.79 Å². The first-order chi connectivity index (χ1) is 14.8. The van der Waals surface area contributed by atoms with E-state index in [-0.39, 0.29) is 12.5 Å². The Morgan fingerprint density at radius 3 is 2.80 bits per heavy atom. The maximum absolute atomic E-state index is 12.4. The second-order valence-corrected chi connectivity index (χ2v) is 6.75. The highest BCUT2D eigenvalue weighted by atomic mass is 16.5. The van der Waals surface area contributed by atoms with Crippen LogP contribution in [0, 0.1) is 0 Å². The van der Waals surface area contributed by atoms with E-state index in [1.54, 1.807) is 10.8 Å². The fourth-order valence-electron chi connectivity index (χ4n) is 3.30. The van der Waals surface area contributed by atoms with Gasteiger partial charge in [-0.15, -0.1) is 10.2 Å². The minimum absolute atomic E-state index is 0.0802. The van der Waals surface area contributed by atoms with Gasteiger partial charge in [-0.05, 0) is 35.7 Å². The van der Waals surface area contributed by atoms with Crippen LogP contribution in [0.4, 0.5) is 5.69 Å². The summed E-state index contributed by atoms with van der Waals surface area (Å²) in [6.07, 6.45) is 1.55. The molecule has 0 saturated heterocycles. The number of ether oxygens (including phenoxy) is 1. The Kier molecular flexibility index (Phi) is 4.53. The number of anilines is 1. The fraction of sp³-hybridized carbons (Fsp3) is 0.0435. The number of fused-ring (bicyclic) bond motifs is 2. The molecule has 2 heterocycles. The van der Waals surface area contributed by atoms with Crippen LogP contribution in [-0.2, 0) is 4.79 Å². The number of aromatic nitrogens is 4. The second-order valence-electron chi connectivity index (χ2n) is 6.75. The summed E-state index contributed by atoms with van der Waals surface area (Å²) in [5.74, 6) is 0.450. The third-order valence-electron chi connectivity index (χ3n) is 4.71. The molecule has 0 saturated carbocycles. The van der Waals surface area contributed by atoms with Crippen LogP contribution >= 0.6 is 0 Å². The van der Waals surface area contributed by atoms with E-state index < -0.39 is 0 Å². The van der Waals surface area contributed by atoms with Crippen LogP contribution in [-0.4, -0.2) is 32.3 Å². The number of nitrogens with one attached hydrogen (secondary N) is 1. The average molecular weight is 395 g/mol. The van der Waals surface area contributed by atoms with E-state index in [2.05, 4.69) is 20.6 Å². The van der Waals surface area contributed by atoms with Gasteiger partial charge in [-0.3, -0.25) is 4.79 Å². The molecule has 30 heavy (non-hydrogen) atoms. The van der Waals surface area contributed by atoms with Crippen molar-refractivity contribution in [2.75, 3.05) is 11.9 Å². The summed E-state index contributed by atoms with van der Waals surface area (Å²) in [7, 11) is 0. The molecule has 0 spiro atoms. The van der Waals surface area contributed by atoms with Gasteiger partial charge in [0.2, 0.25) is 0 Å². The average Bonchev–Trinajstić information content (AvgIpc) is 3.26. The van der Waals surface area contributed by atoms with Gasteiger partial charge in [0.25, 0.3) is 5.91 Å². The van der Waals surface area contributed by atoms with Crippen molar-refractivity contribution in [3.05, 3.63) is 85.2 Å². The monoisotopic (exact) mass is 395 g/mol. The predicted octanol–water partition coefficient (Wildman–Crippen LogP) is 3.96. The molecular formula is C23H17N5O2. The molecule has 2 aromatic heterocycles. The van der Waals surface area contributed by atoms with Crippen molar-refractivity contribution in [3.8, 4) is 17.0 Å². The molecule has 7 nitrogen and oxygen atoms in total. The standard InChI is InChI=1S/C23H17N5O2/c29-23(14-30-21-10-4-6-16-5-1-2-9-19(16)21)25-18-8-3-7-17(13-18)20-11-12-22-26-24-15-28(22)27-20/h1-13,15H,14H2,(H,25,29). The Morgan fingerprint density at radius 2 is 1.83 bits per heavy atom. The Balaban J connectivity index is 1.29. The Morgan fingerprint density at radius 1 is 0.967 bits per heavy atom. The Hall–Kier alpha value is -4.26. The van der Waals surface area contributed by atoms with Crippen molar-refractivity contribution in [1.29, 1.82) is 0 Å². The van der Waals surface area contributed by atoms with Gasteiger partial charge in [0.15, 0.2) is 12.3 Å². The largest absolute Gasteiger partial charge is 0.483 e. The van der Waals surface area contributed by atoms with E-state index in [0.717, 1.165) is 22.0 Å². The first-order valence-corrected chi connectivity index (χ1v) is 9.44. The molecule has 0 bridgehead atoms. The zero-order chi connectivity index (χ0) is 20.3. The molecule has 0 radical (unpaired) electrons. The van der Waals surface area contributed by atoms with Gasteiger partial charge in [0.05, 0.1) is 5.69 Å². The summed E-state index contributed by atoms with van der Waals surface area (Å²) in [5.41, 5.74) is 2.97. The van der Waals surface area contributed by atoms with Crippen molar-refractivity contribution in [2.24, 2.45) is 0 Å². The molecule has 0 atom stereocenters. The summed E-state index contributed by atoms with van der Waals surface area (Å²) < 4.78 is 7.38. The number of benzene rings is 3. The van der Waals surface area contributed by atoms with E-state index in [0.29, 0.717) is 17.1 Å². The highest BCUT2D eigenvalue weighted by Crippen LogP contribution is 2.25. The van der Waals surface area contributed by atoms with Gasteiger partial charge in [-0.25, -0.2) is 0 Å². The molecule has 5 aromatic rings. The minimum Gasteiger partial charge on any atom is -0.483 e. The number of carbonyl (C=O) groups excluding carboxylic acids is 1. The zero-order valence-corrected chi connectivity index (χ0v) is 15.9.